The molecule has 1 fully saturated rings. The first-order valence-corrected chi connectivity index (χ1v) is 9.76. The SMILES string of the molecule is Cc1cc(Br)cnc1N1CCN(C)CC1.FC(F)(F)c1ccc(NC=S)cn1. The van der Waals surface area contributed by atoms with Crippen molar-refractivity contribution < 1.29 is 13.2 Å². The first-order valence-electron chi connectivity index (χ1n) is 8.50. The Kier molecular flexibility index (Phi) is 8.14. The number of thiocarbonyl (C=S) groups is 1. The lowest BCUT2D eigenvalue weighted by atomic mass is 10.2. The van der Waals surface area contributed by atoms with Crippen molar-refractivity contribution in [1.82, 2.24) is 14.9 Å². The van der Waals surface area contributed by atoms with E-state index in [1.54, 1.807) is 0 Å². The highest BCUT2D eigenvalue weighted by molar-refractivity contribution is 9.10. The smallest absolute Gasteiger partial charge is 0.354 e. The fourth-order valence-corrected chi connectivity index (χ4v) is 3.18. The van der Waals surface area contributed by atoms with Crippen molar-refractivity contribution in [2.75, 3.05) is 43.4 Å². The van der Waals surface area contributed by atoms with Gasteiger partial charge in [0.25, 0.3) is 0 Å². The Morgan fingerprint density at radius 2 is 1.82 bits per heavy atom. The number of halogens is 4. The van der Waals surface area contributed by atoms with Crippen LogP contribution >= 0.6 is 28.1 Å². The number of anilines is 2. The number of pyridine rings is 2. The lowest BCUT2D eigenvalue weighted by Gasteiger charge is -2.33. The van der Waals surface area contributed by atoms with E-state index < -0.39 is 11.9 Å². The Labute approximate surface area is 176 Å². The van der Waals surface area contributed by atoms with Gasteiger partial charge >= 0.3 is 6.18 Å². The molecule has 2 aromatic rings. The Morgan fingerprint density at radius 3 is 2.32 bits per heavy atom. The van der Waals surface area contributed by atoms with E-state index in [0.29, 0.717) is 5.69 Å². The molecule has 0 spiro atoms. The van der Waals surface area contributed by atoms with Gasteiger partial charge in [0.05, 0.1) is 17.4 Å². The van der Waals surface area contributed by atoms with Crippen LogP contribution in [0.3, 0.4) is 0 Å². The van der Waals surface area contributed by atoms with Crippen LogP contribution in [-0.2, 0) is 6.18 Å². The van der Waals surface area contributed by atoms with E-state index in [4.69, 9.17) is 0 Å². The highest BCUT2D eigenvalue weighted by atomic mass is 79.9. The fourth-order valence-electron chi connectivity index (χ4n) is 2.60. The second-order valence-electron chi connectivity index (χ2n) is 6.28. The van der Waals surface area contributed by atoms with Crippen LogP contribution in [0.2, 0.25) is 0 Å². The van der Waals surface area contributed by atoms with Crippen LogP contribution in [-0.4, -0.2) is 53.6 Å². The third-order valence-corrected chi connectivity index (χ3v) is 4.65. The number of alkyl halides is 3. The van der Waals surface area contributed by atoms with E-state index in [2.05, 4.69) is 73.3 Å². The summed E-state index contributed by atoms with van der Waals surface area (Å²) in [6.07, 6.45) is -1.44. The second-order valence-corrected chi connectivity index (χ2v) is 7.43. The van der Waals surface area contributed by atoms with Crippen molar-refractivity contribution in [2.45, 2.75) is 13.1 Å². The maximum absolute atomic E-state index is 12.0. The predicted octanol–water partition coefficient (Wildman–Crippen LogP) is 4.37. The summed E-state index contributed by atoms with van der Waals surface area (Å²) in [5.41, 5.74) is 1.96. The number of nitrogens with zero attached hydrogens (tertiary/aromatic N) is 4. The summed E-state index contributed by atoms with van der Waals surface area (Å²) in [6, 6.07) is 4.28. The number of hydrogen-bond acceptors (Lipinski definition) is 5. The van der Waals surface area contributed by atoms with Gasteiger partial charge in [-0.1, -0.05) is 12.2 Å². The van der Waals surface area contributed by atoms with Gasteiger partial charge in [-0.15, -0.1) is 0 Å². The van der Waals surface area contributed by atoms with E-state index >= 15 is 0 Å². The molecule has 0 unspecified atom stereocenters. The number of nitrogens with one attached hydrogen (secondary N) is 1. The molecule has 0 radical (unpaired) electrons. The quantitative estimate of drug-likeness (QED) is 0.664. The van der Waals surface area contributed by atoms with Crippen molar-refractivity contribution in [3.63, 3.8) is 0 Å². The van der Waals surface area contributed by atoms with Crippen molar-refractivity contribution in [3.05, 3.63) is 46.3 Å². The maximum Gasteiger partial charge on any atom is 0.433 e. The van der Waals surface area contributed by atoms with Crippen molar-refractivity contribution in [1.29, 1.82) is 0 Å². The van der Waals surface area contributed by atoms with Gasteiger partial charge in [0, 0.05) is 36.8 Å². The van der Waals surface area contributed by atoms with Crippen molar-refractivity contribution in [3.8, 4) is 0 Å². The van der Waals surface area contributed by atoms with Gasteiger partial charge in [0.1, 0.15) is 11.5 Å². The zero-order chi connectivity index (χ0) is 20.7. The molecule has 3 rings (SSSR count). The van der Waals surface area contributed by atoms with Gasteiger partial charge in [-0.3, -0.25) is 0 Å². The molecule has 1 aliphatic heterocycles. The second kappa shape index (κ2) is 10.1. The lowest BCUT2D eigenvalue weighted by molar-refractivity contribution is -0.141. The number of aromatic nitrogens is 2. The molecule has 0 aliphatic carbocycles. The van der Waals surface area contributed by atoms with Crippen molar-refractivity contribution >= 4 is 45.1 Å². The molecular formula is C18H21BrF3N5S. The first kappa shape index (κ1) is 22.5. The molecule has 1 saturated heterocycles. The van der Waals surface area contributed by atoms with E-state index in [-0.39, 0.29) is 0 Å². The van der Waals surface area contributed by atoms with Crippen LogP contribution in [0.1, 0.15) is 11.3 Å². The number of hydrogen-bond donors (Lipinski definition) is 1. The number of rotatable bonds is 3. The average molecular weight is 476 g/mol. The minimum Gasteiger partial charge on any atom is -0.354 e. The molecule has 28 heavy (non-hydrogen) atoms. The van der Waals surface area contributed by atoms with E-state index in [1.165, 1.54) is 17.1 Å². The maximum atomic E-state index is 12.0. The van der Waals surface area contributed by atoms with Gasteiger partial charge in [-0.25, -0.2) is 9.97 Å². The third kappa shape index (κ3) is 6.68. The summed E-state index contributed by atoms with van der Waals surface area (Å²) in [6.45, 7) is 6.51. The molecule has 0 atom stereocenters. The van der Waals surface area contributed by atoms with Gasteiger partial charge in [0.15, 0.2) is 0 Å². The summed E-state index contributed by atoms with van der Waals surface area (Å²) in [5, 5.41) is 2.55. The molecule has 1 aliphatic rings. The molecule has 1 N–H and O–H groups in total. The summed E-state index contributed by atoms with van der Waals surface area (Å²) in [4.78, 5) is 12.4. The molecule has 0 saturated carbocycles. The number of likely N-dealkylation sites (N-methyl/N-ethyl adjacent to an activating group) is 1. The molecule has 3 heterocycles. The predicted molar refractivity (Wildman–Crippen MR) is 113 cm³/mol. The zero-order valence-corrected chi connectivity index (χ0v) is 17.9. The topological polar surface area (TPSA) is 44.3 Å². The largest absolute Gasteiger partial charge is 0.433 e. The molecule has 0 amide bonds. The number of piperazine rings is 1. The molecule has 5 nitrogen and oxygen atoms in total. The molecule has 152 valence electrons. The van der Waals surface area contributed by atoms with Gasteiger partial charge in [-0.05, 0) is 53.7 Å². The Balaban J connectivity index is 0.000000203. The minimum atomic E-state index is -4.39. The van der Waals surface area contributed by atoms with Crippen LogP contribution in [0.15, 0.2) is 35.1 Å². The summed E-state index contributed by atoms with van der Waals surface area (Å²) in [5.74, 6) is 1.13. The minimum absolute atomic E-state index is 0.433. The van der Waals surface area contributed by atoms with Crippen molar-refractivity contribution in [2.24, 2.45) is 0 Å². The zero-order valence-electron chi connectivity index (χ0n) is 15.5. The van der Waals surface area contributed by atoms with Crippen LogP contribution in [0.25, 0.3) is 0 Å². The molecule has 0 aromatic carbocycles. The highest BCUT2D eigenvalue weighted by Gasteiger charge is 2.31. The molecule has 10 heteroatoms. The summed E-state index contributed by atoms with van der Waals surface area (Å²) >= 11 is 7.89. The van der Waals surface area contributed by atoms with E-state index in [9.17, 15) is 13.2 Å². The molecule has 2 aromatic heterocycles. The Morgan fingerprint density at radius 1 is 1.14 bits per heavy atom. The van der Waals surface area contributed by atoms with E-state index in [0.717, 1.165) is 48.7 Å². The van der Waals surface area contributed by atoms with Crippen LogP contribution in [0, 0.1) is 6.92 Å². The van der Waals surface area contributed by atoms with Crippen LogP contribution in [0.5, 0.6) is 0 Å². The Bertz CT molecular complexity index is 778. The fraction of sp³-hybridized carbons (Fsp3) is 0.389. The Hall–Kier alpha value is -1.78. The highest BCUT2D eigenvalue weighted by Crippen LogP contribution is 2.27. The lowest BCUT2D eigenvalue weighted by Crippen LogP contribution is -2.45. The van der Waals surface area contributed by atoms with Crippen LogP contribution < -0.4 is 10.2 Å². The van der Waals surface area contributed by atoms with Crippen LogP contribution in [0.4, 0.5) is 24.7 Å². The van der Waals surface area contributed by atoms with Gasteiger partial charge < -0.3 is 15.1 Å². The molecular weight excluding hydrogens is 455 g/mol. The van der Waals surface area contributed by atoms with Gasteiger partial charge in [0.2, 0.25) is 0 Å². The van der Waals surface area contributed by atoms with E-state index in [1.807, 2.05) is 6.20 Å². The third-order valence-electron chi connectivity index (χ3n) is 4.10. The standard InChI is InChI=1S/C11H16BrN3.C7H5F3N2S/c1-9-7-10(12)8-13-11(9)15-5-3-14(2)4-6-15;8-7(9,10)6-2-1-5(3-11-6)12-4-13/h7-8H,3-6H2,1-2H3;1-4H,(H,12,13). The summed E-state index contributed by atoms with van der Waals surface area (Å²) < 4.78 is 37.0. The molecule has 0 bridgehead atoms. The average Bonchev–Trinajstić information content (AvgIpc) is 2.63. The monoisotopic (exact) mass is 475 g/mol. The first-order chi connectivity index (χ1) is 13.2. The van der Waals surface area contributed by atoms with Gasteiger partial charge in [-0.2, -0.15) is 13.2 Å². The normalized spacial score (nSPS) is 14.9. The summed E-state index contributed by atoms with van der Waals surface area (Å²) in [7, 11) is 2.17. The number of aryl methyl sites for hydroxylation is 1.